The van der Waals surface area contributed by atoms with E-state index in [0.717, 1.165) is 0 Å². The maximum atomic E-state index is 12.2. The van der Waals surface area contributed by atoms with Crippen molar-refractivity contribution in [2.45, 2.75) is 70.9 Å². The minimum atomic E-state index is -1.85. The van der Waals surface area contributed by atoms with E-state index in [9.17, 15) is 24.6 Å². The predicted molar refractivity (Wildman–Crippen MR) is 93.8 cm³/mol. The Bertz CT molecular complexity index is 498. The summed E-state index contributed by atoms with van der Waals surface area (Å²) in [5, 5.41) is 20.0. The van der Waals surface area contributed by atoms with Crippen LogP contribution >= 0.6 is 0 Å². The molecule has 0 fully saturated rings. The van der Waals surface area contributed by atoms with E-state index in [1.54, 1.807) is 13.8 Å². The molecule has 0 saturated carbocycles. The van der Waals surface area contributed by atoms with Crippen LogP contribution in [0.2, 0.25) is 2.82 Å². The van der Waals surface area contributed by atoms with Gasteiger partial charge >= 0.3 is 11.9 Å². The molecule has 9 nitrogen and oxygen atoms in total. The molecule has 0 spiro atoms. The lowest BCUT2D eigenvalue weighted by Crippen LogP contribution is -2.49. The molecule has 0 aliphatic rings. The number of esters is 2. The van der Waals surface area contributed by atoms with Gasteiger partial charge in [0.05, 0.1) is 0 Å². The summed E-state index contributed by atoms with van der Waals surface area (Å²) in [6.07, 6.45) is -3.95. The summed E-state index contributed by atoms with van der Waals surface area (Å²) in [5.41, 5.74) is 4.14. The number of hydrogen-bond donors (Lipinski definition) is 4. The summed E-state index contributed by atoms with van der Waals surface area (Å²) < 4.78 is 24.5. The van der Waals surface area contributed by atoms with E-state index >= 15 is 0 Å². The van der Waals surface area contributed by atoms with Crippen LogP contribution in [0.1, 0.15) is 40.5 Å². The normalized spacial score (nSPS) is 20.4. The Labute approximate surface area is 156 Å². The van der Waals surface area contributed by atoms with Crippen LogP contribution in [0.25, 0.3) is 0 Å². The van der Waals surface area contributed by atoms with Crippen LogP contribution in [0.4, 0.5) is 0 Å². The fourth-order valence-electron chi connectivity index (χ4n) is 1.95. The molecule has 0 aromatic rings. The van der Waals surface area contributed by atoms with Gasteiger partial charge in [-0.05, 0) is 11.8 Å². The Kier molecular flexibility index (Phi) is 9.54. The zero-order chi connectivity index (χ0) is 21.9. The number of rotatable bonds is 14. The third kappa shape index (κ3) is 7.36. The number of carbonyl (C=O) groups is 3. The van der Waals surface area contributed by atoms with Gasteiger partial charge in [-0.25, -0.2) is 0 Å². The number of aliphatic hydroxyl groups is 2. The van der Waals surface area contributed by atoms with Crippen molar-refractivity contribution in [2.24, 2.45) is 23.3 Å². The van der Waals surface area contributed by atoms with Crippen molar-refractivity contribution in [1.29, 1.82) is 0 Å². The fourth-order valence-corrected chi connectivity index (χ4v) is 1.95. The van der Waals surface area contributed by atoms with Gasteiger partial charge in [0.2, 0.25) is 0 Å². The number of carbonyl (C=O) groups excluding carboxylic acids is 3. The van der Waals surface area contributed by atoms with Crippen molar-refractivity contribution < 1.29 is 36.9 Å². The highest BCUT2D eigenvalue weighted by molar-refractivity contribution is 5.77. The monoisotopic (exact) mass is 378 g/mol. The maximum Gasteiger partial charge on any atom is 0.323 e. The highest BCUT2D eigenvalue weighted by atomic mass is 16.6. The molecule has 0 bridgehead atoms. The molecule has 0 aromatic heterocycles. The molecular formula is C17H32N2O7. The van der Waals surface area contributed by atoms with Crippen LogP contribution in [0.15, 0.2) is 0 Å². The molecule has 0 aliphatic heterocycles. The summed E-state index contributed by atoms with van der Waals surface area (Å²) in [7, 11) is 0. The van der Waals surface area contributed by atoms with E-state index in [0.29, 0.717) is 12.8 Å². The average molecular weight is 378 g/mol. The van der Waals surface area contributed by atoms with E-state index in [-0.39, 0.29) is 18.1 Å². The fraction of sp³-hybridized carbons (Fsp3) is 0.824. The van der Waals surface area contributed by atoms with Gasteiger partial charge in [0.1, 0.15) is 33.7 Å². The largest absolute Gasteiger partial charge is 0.462 e. The second-order valence-electron chi connectivity index (χ2n) is 6.45. The Morgan fingerprint density at radius 3 is 2.00 bits per heavy atom. The van der Waals surface area contributed by atoms with Gasteiger partial charge in [0.25, 0.3) is 0 Å². The molecule has 0 rings (SSSR count). The van der Waals surface area contributed by atoms with Crippen molar-refractivity contribution in [3.05, 3.63) is 0 Å². The van der Waals surface area contributed by atoms with E-state index in [2.05, 4.69) is 11.5 Å². The molecule has 6 N–H and O–H groups in total. The number of hydrogen-bond acceptors (Lipinski definition) is 9. The molecule has 152 valence electrons. The van der Waals surface area contributed by atoms with Crippen LogP contribution in [-0.2, 0) is 23.9 Å². The Morgan fingerprint density at radius 2 is 1.58 bits per heavy atom. The van der Waals surface area contributed by atoms with Gasteiger partial charge in [-0.15, -0.1) is 0 Å². The zero-order valence-corrected chi connectivity index (χ0v) is 15.7. The van der Waals surface area contributed by atoms with Crippen LogP contribution in [-0.4, -0.2) is 65.4 Å². The standard InChI is InChI=1S/C17H32N2O7/c1-5-9(3)13(18)16(23)25-8-12(22)15(11(21)7-20)26-17(24)14(19)10(4)6-2/h7,9-15,21-22H,5-6,8,18-19H2,1-4H3/t9-,10-,11-,12+,13-,14-,15-/m0/s1/i/hD2. The first kappa shape index (κ1) is 20.8. The lowest BCUT2D eigenvalue weighted by Gasteiger charge is -2.27. The molecule has 0 aliphatic carbocycles. The van der Waals surface area contributed by atoms with Crippen LogP contribution < -0.4 is 11.5 Å². The van der Waals surface area contributed by atoms with E-state index in [1.165, 1.54) is 0 Å². The first-order valence-corrected chi connectivity index (χ1v) is 8.71. The summed E-state index contributed by atoms with van der Waals surface area (Å²) in [6, 6.07) is -1.94. The van der Waals surface area contributed by atoms with Gasteiger partial charge in [-0.3, -0.25) is 9.59 Å². The van der Waals surface area contributed by atoms with E-state index < -0.39 is 48.9 Å². The van der Waals surface area contributed by atoms with Crippen LogP contribution in [0.5, 0.6) is 0 Å². The predicted octanol–water partition coefficient (Wildman–Crippen LogP) is -0.891. The molecule has 0 heterocycles. The Morgan fingerprint density at radius 1 is 1.08 bits per heavy atom. The lowest BCUT2D eigenvalue weighted by atomic mass is 10.00. The first-order chi connectivity index (χ1) is 13.2. The second kappa shape index (κ2) is 11.9. The number of aliphatic hydroxyl groups excluding tert-OH is 2. The minimum Gasteiger partial charge on any atom is -0.462 e. The van der Waals surface area contributed by atoms with Crippen molar-refractivity contribution in [2.75, 3.05) is 6.61 Å². The van der Waals surface area contributed by atoms with Crippen LogP contribution in [0.3, 0.4) is 0 Å². The average Bonchev–Trinajstić information content (AvgIpc) is 2.69. The summed E-state index contributed by atoms with van der Waals surface area (Å²) in [6.45, 7) is 6.44. The van der Waals surface area contributed by atoms with Crippen molar-refractivity contribution in [3.63, 3.8) is 0 Å². The maximum absolute atomic E-state index is 12.2. The highest BCUT2D eigenvalue weighted by Crippen LogP contribution is 2.13. The van der Waals surface area contributed by atoms with Gasteiger partial charge in [-0.1, -0.05) is 40.5 Å². The number of nitrogens with two attached hydrogens (primary N) is 2. The Balaban J connectivity index is 5.08. The molecule has 0 radical (unpaired) electrons. The molecule has 0 amide bonds. The molecule has 0 aromatic carbocycles. The zero-order valence-electron chi connectivity index (χ0n) is 17.7. The number of aldehydes is 1. The third-order valence-electron chi connectivity index (χ3n) is 4.44. The number of ether oxygens (including phenoxy) is 2. The summed E-state index contributed by atoms with van der Waals surface area (Å²) in [4.78, 5) is 35.2. The van der Waals surface area contributed by atoms with Crippen molar-refractivity contribution in [1.82, 2.24) is 0 Å². The van der Waals surface area contributed by atoms with E-state index in [1.807, 2.05) is 13.8 Å². The van der Waals surface area contributed by atoms with Crippen LogP contribution in [0, 0.1) is 11.8 Å². The minimum absolute atomic E-state index is 0.0860. The quantitative estimate of drug-likeness (QED) is 0.222. The third-order valence-corrected chi connectivity index (χ3v) is 4.44. The smallest absolute Gasteiger partial charge is 0.323 e. The summed E-state index contributed by atoms with van der Waals surface area (Å²) >= 11 is 0. The molecule has 9 heteroatoms. The van der Waals surface area contributed by atoms with Gasteiger partial charge in [-0.2, -0.15) is 0 Å². The summed E-state index contributed by atoms with van der Waals surface area (Å²) in [5.74, 6) is -2.19. The molecule has 0 unspecified atom stereocenters. The molecule has 7 atom stereocenters. The Hall–Kier alpha value is -1.55. The molecule has 0 saturated heterocycles. The highest BCUT2D eigenvalue weighted by Gasteiger charge is 2.34. The van der Waals surface area contributed by atoms with Gasteiger partial charge in [0.15, 0.2) is 12.4 Å². The van der Waals surface area contributed by atoms with E-state index in [4.69, 9.17) is 12.3 Å². The van der Waals surface area contributed by atoms with Gasteiger partial charge in [0, 0.05) is 0 Å². The molecular weight excluding hydrogens is 344 g/mol. The first-order valence-electron chi connectivity index (χ1n) is 9.71. The van der Waals surface area contributed by atoms with Crippen molar-refractivity contribution >= 4 is 18.2 Å². The topological polar surface area (TPSA) is 162 Å². The second-order valence-corrected chi connectivity index (χ2v) is 6.45. The lowest BCUT2D eigenvalue weighted by molar-refractivity contribution is -0.173. The SMILES string of the molecule is [2H]N[C@H](C(=O)OC[C@@H](O)[C@@H](OC(=O)[C@@H](N[2H])[C@@H](C)CC)[C@@H](O)C=O)[C@@H](C)CC. The molecule has 26 heavy (non-hydrogen) atoms. The van der Waals surface area contributed by atoms with Crippen molar-refractivity contribution in [3.8, 4) is 0 Å². The van der Waals surface area contributed by atoms with Gasteiger partial charge < -0.3 is 35.9 Å².